The van der Waals surface area contributed by atoms with Crippen molar-refractivity contribution in [3.63, 3.8) is 0 Å². The summed E-state index contributed by atoms with van der Waals surface area (Å²) in [7, 11) is 0. The molecule has 1 N–H and O–H groups in total. The summed E-state index contributed by atoms with van der Waals surface area (Å²) in [6.45, 7) is 2.54. The number of carbonyl (C=O) groups excluding carboxylic acids is 1. The van der Waals surface area contributed by atoms with Gasteiger partial charge in [0.2, 0.25) is 5.91 Å². The van der Waals surface area contributed by atoms with E-state index in [0.29, 0.717) is 6.61 Å². The van der Waals surface area contributed by atoms with Gasteiger partial charge in [-0.25, -0.2) is 0 Å². The lowest BCUT2D eigenvalue weighted by molar-refractivity contribution is -0.111. The van der Waals surface area contributed by atoms with Crippen LogP contribution in [0.5, 0.6) is 5.75 Å². The van der Waals surface area contributed by atoms with E-state index >= 15 is 0 Å². The number of aryl methyl sites for hydroxylation is 1. The lowest BCUT2D eigenvalue weighted by Gasteiger charge is -2.07. The lowest BCUT2D eigenvalue weighted by Crippen LogP contribution is -2.08. The van der Waals surface area contributed by atoms with E-state index in [2.05, 4.69) is 21.2 Å². The number of rotatable bonds is 6. The highest BCUT2D eigenvalue weighted by Gasteiger charge is 2.03. The number of ether oxygens (including phenoxy) is 1. The van der Waals surface area contributed by atoms with Gasteiger partial charge in [0.05, 0.1) is 5.69 Å². The molecular weight excluding hydrogens is 402 g/mol. The number of hydrogen-bond donors (Lipinski definition) is 1. The van der Waals surface area contributed by atoms with E-state index in [-0.39, 0.29) is 5.91 Å². The number of halogens is 1. The van der Waals surface area contributed by atoms with E-state index in [1.54, 1.807) is 6.08 Å². The molecule has 0 atom stereocenters. The molecule has 4 heteroatoms. The van der Waals surface area contributed by atoms with Crippen molar-refractivity contribution >= 4 is 33.6 Å². The smallest absolute Gasteiger partial charge is 0.248 e. The highest BCUT2D eigenvalue weighted by molar-refractivity contribution is 9.10. The van der Waals surface area contributed by atoms with Crippen LogP contribution in [0.15, 0.2) is 83.3 Å². The molecule has 3 aromatic rings. The number of anilines is 1. The molecule has 3 rings (SSSR count). The second-order valence-corrected chi connectivity index (χ2v) is 7.00. The molecule has 0 aliphatic rings. The first-order chi connectivity index (χ1) is 13.1. The molecule has 0 aliphatic heterocycles. The first-order valence-corrected chi connectivity index (χ1v) is 9.41. The summed E-state index contributed by atoms with van der Waals surface area (Å²) in [6.07, 6.45) is 3.30. The summed E-state index contributed by atoms with van der Waals surface area (Å²) in [5, 5.41) is 2.86. The molecule has 0 aliphatic carbocycles. The SMILES string of the molecule is Cc1ccc(NC(=O)C=Cc2ccc(OCc3ccccc3)cc2)c(Br)c1. The van der Waals surface area contributed by atoms with Crippen LogP contribution < -0.4 is 10.1 Å². The van der Waals surface area contributed by atoms with Crippen LogP contribution in [-0.2, 0) is 11.4 Å². The molecule has 0 fully saturated rings. The molecule has 136 valence electrons. The van der Waals surface area contributed by atoms with Crippen molar-refractivity contribution in [1.82, 2.24) is 0 Å². The highest BCUT2D eigenvalue weighted by atomic mass is 79.9. The molecule has 0 bridgehead atoms. The summed E-state index contributed by atoms with van der Waals surface area (Å²) in [4.78, 5) is 12.1. The van der Waals surface area contributed by atoms with Gasteiger partial charge in [0, 0.05) is 10.5 Å². The van der Waals surface area contributed by atoms with Crippen molar-refractivity contribution in [2.75, 3.05) is 5.32 Å². The Morgan fingerprint density at radius 1 is 1.04 bits per heavy atom. The Balaban J connectivity index is 1.54. The monoisotopic (exact) mass is 421 g/mol. The van der Waals surface area contributed by atoms with Gasteiger partial charge >= 0.3 is 0 Å². The molecule has 27 heavy (non-hydrogen) atoms. The van der Waals surface area contributed by atoms with Gasteiger partial charge in [-0.2, -0.15) is 0 Å². The van der Waals surface area contributed by atoms with E-state index in [9.17, 15) is 4.79 Å². The predicted octanol–water partition coefficient (Wildman–Crippen LogP) is 5.99. The minimum Gasteiger partial charge on any atom is -0.489 e. The van der Waals surface area contributed by atoms with Crippen LogP contribution in [0.25, 0.3) is 6.08 Å². The van der Waals surface area contributed by atoms with Gasteiger partial charge in [0.15, 0.2) is 0 Å². The Morgan fingerprint density at radius 2 is 1.78 bits per heavy atom. The van der Waals surface area contributed by atoms with Gasteiger partial charge in [-0.05, 0) is 69.9 Å². The number of hydrogen-bond acceptors (Lipinski definition) is 2. The third-order valence-corrected chi connectivity index (χ3v) is 4.59. The topological polar surface area (TPSA) is 38.3 Å². The number of benzene rings is 3. The summed E-state index contributed by atoms with van der Waals surface area (Å²) < 4.78 is 6.63. The zero-order valence-electron chi connectivity index (χ0n) is 15.0. The van der Waals surface area contributed by atoms with Crippen LogP contribution in [0.1, 0.15) is 16.7 Å². The lowest BCUT2D eigenvalue weighted by atomic mass is 10.2. The fourth-order valence-corrected chi connectivity index (χ4v) is 3.08. The van der Waals surface area contributed by atoms with Crippen molar-refractivity contribution in [1.29, 1.82) is 0 Å². The second-order valence-electron chi connectivity index (χ2n) is 6.15. The van der Waals surface area contributed by atoms with Crippen LogP contribution in [0, 0.1) is 6.92 Å². The summed E-state index contributed by atoms with van der Waals surface area (Å²) in [5.41, 5.74) is 3.94. The van der Waals surface area contributed by atoms with Crippen molar-refractivity contribution in [2.24, 2.45) is 0 Å². The normalized spacial score (nSPS) is 10.7. The molecule has 3 nitrogen and oxygen atoms in total. The molecule has 0 spiro atoms. The van der Waals surface area contributed by atoms with Crippen LogP contribution in [-0.4, -0.2) is 5.91 Å². The highest BCUT2D eigenvalue weighted by Crippen LogP contribution is 2.23. The van der Waals surface area contributed by atoms with Gasteiger partial charge < -0.3 is 10.1 Å². The quantitative estimate of drug-likeness (QED) is 0.496. The minimum atomic E-state index is -0.177. The van der Waals surface area contributed by atoms with Gasteiger partial charge in [0.1, 0.15) is 12.4 Å². The van der Waals surface area contributed by atoms with Crippen LogP contribution in [0.4, 0.5) is 5.69 Å². The molecule has 0 heterocycles. The van der Waals surface area contributed by atoms with E-state index in [4.69, 9.17) is 4.74 Å². The van der Waals surface area contributed by atoms with E-state index < -0.39 is 0 Å². The fourth-order valence-electron chi connectivity index (χ4n) is 2.48. The Morgan fingerprint density at radius 3 is 2.48 bits per heavy atom. The van der Waals surface area contributed by atoms with Crippen molar-refractivity contribution in [2.45, 2.75) is 13.5 Å². The Bertz CT molecular complexity index is 934. The molecule has 0 saturated heterocycles. The Hall–Kier alpha value is -2.85. The molecule has 0 radical (unpaired) electrons. The van der Waals surface area contributed by atoms with Crippen LogP contribution in [0.2, 0.25) is 0 Å². The molecule has 3 aromatic carbocycles. The van der Waals surface area contributed by atoms with Gasteiger partial charge in [-0.15, -0.1) is 0 Å². The molecule has 1 amide bonds. The third kappa shape index (κ3) is 5.83. The average molecular weight is 422 g/mol. The fraction of sp³-hybridized carbons (Fsp3) is 0.0870. The zero-order chi connectivity index (χ0) is 19.1. The minimum absolute atomic E-state index is 0.177. The summed E-state index contributed by atoms with van der Waals surface area (Å²) in [6, 6.07) is 23.5. The summed E-state index contributed by atoms with van der Waals surface area (Å²) in [5.74, 6) is 0.619. The first kappa shape index (κ1) is 18.9. The standard InChI is InChI=1S/C23H20BrNO2/c1-17-7-13-22(21(24)15-17)25-23(26)14-10-18-8-11-20(12-9-18)27-16-19-5-3-2-4-6-19/h2-15H,16H2,1H3,(H,25,26). The number of nitrogens with one attached hydrogen (secondary N) is 1. The first-order valence-electron chi connectivity index (χ1n) is 8.62. The number of carbonyl (C=O) groups is 1. The zero-order valence-corrected chi connectivity index (χ0v) is 16.6. The maximum absolute atomic E-state index is 12.1. The Kier molecular flexibility index (Phi) is 6.44. The molecule has 0 unspecified atom stereocenters. The van der Waals surface area contributed by atoms with Crippen LogP contribution in [0.3, 0.4) is 0 Å². The third-order valence-electron chi connectivity index (χ3n) is 3.94. The van der Waals surface area contributed by atoms with E-state index in [0.717, 1.165) is 32.6 Å². The van der Waals surface area contributed by atoms with Gasteiger partial charge in [-0.1, -0.05) is 48.5 Å². The largest absolute Gasteiger partial charge is 0.489 e. The maximum Gasteiger partial charge on any atom is 0.248 e. The summed E-state index contributed by atoms with van der Waals surface area (Å²) >= 11 is 3.46. The van der Waals surface area contributed by atoms with E-state index in [1.165, 1.54) is 6.08 Å². The van der Waals surface area contributed by atoms with Crippen molar-refractivity contribution < 1.29 is 9.53 Å². The Labute approximate surface area is 167 Å². The van der Waals surface area contributed by atoms with Crippen LogP contribution >= 0.6 is 15.9 Å². The second kappa shape index (κ2) is 9.19. The predicted molar refractivity (Wildman–Crippen MR) is 114 cm³/mol. The average Bonchev–Trinajstić information content (AvgIpc) is 2.68. The van der Waals surface area contributed by atoms with Crippen molar-refractivity contribution in [3.8, 4) is 5.75 Å². The maximum atomic E-state index is 12.1. The number of amides is 1. The van der Waals surface area contributed by atoms with Crippen molar-refractivity contribution in [3.05, 3.63) is 100 Å². The molecular formula is C23H20BrNO2. The van der Waals surface area contributed by atoms with E-state index in [1.807, 2.05) is 79.7 Å². The molecule has 0 saturated carbocycles. The van der Waals surface area contributed by atoms with Gasteiger partial charge in [-0.3, -0.25) is 4.79 Å². The van der Waals surface area contributed by atoms with Gasteiger partial charge in [0.25, 0.3) is 0 Å². The molecule has 0 aromatic heterocycles.